The van der Waals surface area contributed by atoms with Crippen molar-refractivity contribution in [3.8, 4) is 0 Å². The van der Waals surface area contributed by atoms with Gasteiger partial charge in [-0.2, -0.15) is 0 Å². The van der Waals surface area contributed by atoms with Crippen LogP contribution in [-0.4, -0.2) is 47.4 Å². The molecule has 0 aliphatic carbocycles. The molecule has 2 atom stereocenters. The van der Waals surface area contributed by atoms with E-state index in [0.717, 1.165) is 57.8 Å². The number of unbranched alkanes of at least 4 members (excludes halogenated alkanes) is 55. The van der Waals surface area contributed by atoms with Gasteiger partial charge in [0.2, 0.25) is 5.91 Å². The minimum absolute atomic E-state index is 0.00481. The maximum Gasteiger partial charge on any atom is 0.305 e. The molecule has 0 bridgehead atoms. The molecule has 0 spiro atoms. The van der Waals surface area contributed by atoms with E-state index in [4.69, 9.17) is 4.74 Å². The Hall–Kier alpha value is -2.18. The van der Waals surface area contributed by atoms with Gasteiger partial charge in [-0.1, -0.05) is 377 Å². The summed E-state index contributed by atoms with van der Waals surface area (Å²) in [6.07, 6.45) is 100. The van der Waals surface area contributed by atoms with Gasteiger partial charge in [0.1, 0.15) is 0 Å². The largest absolute Gasteiger partial charge is 0.466 e. The number of hydrogen-bond donors (Lipinski definition) is 3. The maximum absolute atomic E-state index is 12.6. The van der Waals surface area contributed by atoms with Gasteiger partial charge in [-0.05, 0) is 89.9 Å². The molecule has 512 valence electrons. The fraction of sp³-hybridized carbons (Fsp3) is 0.877. The van der Waals surface area contributed by atoms with Gasteiger partial charge in [-0.15, -0.1) is 0 Å². The lowest BCUT2D eigenvalue weighted by Gasteiger charge is -2.22. The molecular weight excluding hydrogens is 1070 g/mol. The van der Waals surface area contributed by atoms with Crippen LogP contribution in [0, 0.1) is 0 Å². The Labute approximate surface area is 544 Å². The Morgan fingerprint density at radius 2 is 0.575 bits per heavy atom. The number of amides is 1. The first-order valence-corrected chi connectivity index (χ1v) is 39.4. The summed E-state index contributed by atoms with van der Waals surface area (Å²) in [6, 6.07) is -0.545. The summed E-state index contributed by atoms with van der Waals surface area (Å²) in [7, 11) is 0. The van der Waals surface area contributed by atoms with Crippen LogP contribution in [0.1, 0.15) is 431 Å². The van der Waals surface area contributed by atoms with Crippen molar-refractivity contribution >= 4 is 11.9 Å². The molecule has 6 heteroatoms. The standard InChI is InChI=1S/C81H153NO5/c1-3-5-7-9-11-13-15-17-19-21-22-23-24-32-35-38-42-45-49-53-57-61-65-69-73-79(84)78(77-83)82-80(85)74-70-66-62-58-54-50-46-43-39-36-33-30-28-26-25-27-29-31-34-37-40-44-48-52-56-60-64-68-72-76-87-81(86)75-71-67-63-59-55-51-47-41-20-18-16-14-12-10-8-6-4-2/h12,14,18,20,25,27,31,34,78-79,83-84H,3-11,13,15-17,19,21-24,26,28-30,32-33,35-77H2,1-2H3,(H,82,85)/b14-12-,20-18-,27-25-,34-31-. The van der Waals surface area contributed by atoms with Crippen LogP contribution < -0.4 is 5.32 Å². The van der Waals surface area contributed by atoms with E-state index >= 15 is 0 Å². The van der Waals surface area contributed by atoms with Crippen molar-refractivity contribution in [3.63, 3.8) is 0 Å². The average molecular weight is 1220 g/mol. The molecule has 0 aromatic carbocycles. The maximum atomic E-state index is 12.6. The second-order valence-electron chi connectivity index (χ2n) is 27.0. The van der Waals surface area contributed by atoms with E-state index in [2.05, 4.69) is 67.8 Å². The number of ether oxygens (including phenoxy) is 1. The summed E-state index contributed by atoms with van der Waals surface area (Å²) >= 11 is 0. The van der Waals surface area contributed by atoms with Crippen LogP contribution in [0.5, 0.6) is 0 Å². The first-order valence-electron chi connectivity index (χ1n) is 39.4. The summed E-state index contributed by atoms with van der Waals surface area (Å²) in [4.78, 5) is 24.7. The van der Waals surface area contributed by atoms with Crippen LogP contribution in [0.15, 0.2) is 48.6 Å². The van der Waals surface area contributed by atoms with Crippen molar-refractivity contribution < 1.29 is 24.5 Å². The van der Waals surface area contributed by atoms with Crippen LogP contribution in [-0.2, 0) is 14.3 Å². The number of rotatable bonds is 74. The third-order valence-electron chi connectivity index (χ3n) is 18.4. The zero-order valence-electron chi connectivity index (χ0n) is 58.8. The second-order valence-corrected chi connectivity index (χ2v) is 27.0. The van der Waals surface area contributed by atoms with Gasteiger partial charge >= 0.3 is 5.97 Å². The second kappa shape index (κ2) is 76.3. The molecule has 6 nitrogen and oxygen atoms in total. The monoisotopic (exact) mass is 1220 g/mol. The fourth-order valence-electron chi connectivity index (χ4n) is 12.4. The first-order chi connectivity index (χ1) is 43.0. The molecule has 0 fully saturated rings. The molecule has 0 saturated carbocycles. The Kier molecular flexibility index (Phi) is 74.4. The van der Waals surface area contributed by atoms with Crippen LogP contribution in [0.25, 0.3) is 0 Å². The van der Waals surface area contributed by atoms with Crippen molar-refractivity contribution in [1.82, 2.24) is 5.32 Å². The molecule has 0 rings (SSSR count). The lowest BCUT2D eigenvalue weighted by Crippen LogP contribution is -2.45. The summed E-state index contributed by atoms with van der Waals surface area (Å²) in [5.41, 5.74) is 0. The first kappa shape index (κ1) is 84.8. The Bertz CT molecular complexity index is 1450. The predicted molar refractivity (Wildman–Crippen MR) is 384 cm³/mol. The van der Waals surface area contributed by atoms with E-state index in [1.165, 1.54) is 340 Å². The molecule has 0 aliphatic heterocycles. The minimum Gasteiger partial charge on any atom is -0.466 e. The summed E-state index contributed by atoms with van der Waals surface area (Å²) in [5.74, 6) is -0.0264. The third-order valence-corrected chi connectivity index (χ3v) is 18.4. The zero-order chi connectivity index (χ0) is 62.8. The predicted octanol–water partition coefficient (Wildman–Crippen LogP) is 26.0. The average Bonchev–Trinajstić information content (AvgIpc) is 3.57. The molecule has 0 aromatic heterocycles. The SMILES string of the molecule is CCCCC/C=C\C/C=C\CCCCCCCCCC(=O)OCCCCCCCCCCC/C=C\C/C=C\CCCCCCCCCCCCCCCC(=O)NC(CO)C(O)CCCCCCCCCCCCCCCCCCCCCCCCCC. The molecule has 0 radical (unpaired) electrons. The molecule has 0 heterocycles. The number of hydrogen-bond acceptors (Lipinski definition) is 5. The van der Waals surface area contributed by atoms with Crippen molar-refractivity contribution in [1.29, 1.82) is 0 Å². The molecular formula is C81H153NO5. The van der Waals surface area contributed by atoms with E-state index in [0.29, 0.717) is 25.9 Å². The minimum atomic E-state index is -0.667. The molecule has 0 aromatic rings. The molecule has 1 amide bonds. The highest BCUT2D eigenvalue weighted by Crippen LogP contribution is 2.19. The lowest BCUT2D eigenvalue weighted by molar-refractivity contribution is -0.143. The third kappa shape index (κ3) is 72.8. The van der Waals surface area contributed by atoms with E-state index in [-0.39, 0.29) is 18.5 Å². The Morgan fingerprint density at radius 3 is 0.897 bits per heavy atom. The Balaban J connectivity index is 3.40. The van der Waals surface area contributed by atoms with Gasteiger partial charge in [0.05, 0.1) is 25.4 Å². The van der Waals surface area contributed by atoms with E-state index in [1.54, 1.807) is 0 Å². The van der Waals surface area contributed by atoms with E-state index in [9.17, 15) is 19.8 Å². The van der Waals surface area contributed by atoms with Crippen molar-refractivity contribution in [2.45, 2.75) is 443 Å². The van der Waals surface area contributed by atoms with Gasteiger partial charge < -0.3 is 20.3 Å². The van der Waals surface area contributed by atoms with Crippen molar-refractivity contribution in [3.05, 3.63) is 48.6 Å². The van der Waals surface area contributed by atoms with E-state index in [1.807, 2.05) is 0 Å². The zero-order valence-corrected chi connectivity index (χ0v) is 58.8. The number of aliphatic hydroxyl groups is 2. The summed E-state index contributed by atoms with van der Waals surface area (Å²) < 4.78 is 5.50. The smallest absolute Gasteiger partial charge is 0.305 e. The topological polar surface area (TPSA) is 95.9 Å². The lowest BCUT2D eigenvalue weighted by atomic mass is 10.0. The molecule has 2 unspecified atom stereocenters. The Morgan fingerprint density at radius 1 is 0.322 bits per heavy atom. The molecule has 3 N–H and O–H groups in total. The number of carbonyl (C=O) groups excluding carboxylic acids is 2. The highest BCUT2D eigenvalue weighted by atomic mass is 16.5. The summed E-state index contributed by atoms with van der Waals surface area (Å²) in [6.45, 7) is 4.96. The highest BCUT2D eigenvalue weighted by molar-refractivity contribution is 5.76. The quantitative estimate of drug-likeness (QED) is 0.0320. The van der Waals surface area contributed by atoms with Gasteiger partial charge in [0.25, 0.3) is 0 Å². The number of allylic oxidation sites excluding steroid dienone is 8. The van der Waals surface area contributed by atoms with Crippen LogP contribution >= 0.6 is 0 Å². The summed E-state index contributed by atoms with van der Waals surface area (Å²) in [5, 5.41) is 23.5. The number of aliphatic hydroxyl groups excluding tert-OH is 2. The number of nitrogens with one attached hydrogen (secondary N) is 1. The van der Waals surface area contributed by atoms with Crippen LogP contribution in [0.2, 0.25) is 0 Å². The molecule has 0 aliphatic rings. The van der Waals surface area contributed by atoms with Crippen LogP contribution in [0.3, 0.4) is 0 Å². The van der Waals surface area contributed by atoms with Crippen molar-refractivity contribution in [2.24, 2.45) is 0 Å². The van der Waals surface area contributed by atoms with E-state index < -0.39 is 12.1 Å². The molecule has 87 heavy (non-hydrogen) atoms. The van der Waals surface area contributed by atoms with Gasteiger partial charge in [-0.25, -0.2) is 0 Å². The highest BCUT2D eigenvalue weighted by Gasteiger charge is 2.20. The van der Waals surface area contributed by atoms with Crippen molar-refractivity contribution in [2.75, 3.05) is 13.2 Å². The van der Waals surface area contributed by atoms with Gasteiger partial charge in [0.15, 0.2) is 0 Å². The number of carbonyl (C=O) groups is 2. The molecule has 0 saturated heterocycles. The van der Waals surface area contributed by atoms with Crippen LogP contribution in [0.4, 0.5) is 0 Å². The number of esters is 1. The van der Waals surface area contributed by atoms with Gasteiger partial charge in [-0.3, -0.25) is 9.59 Å². The van der Waals surface area contributed by atoms with Gasteiger partial charge in [0, 0.05) is 12.8 Å². The fourth-order valence-corrected chi connectivity index (χ4v) is 12.4. The normalized spacial score (nSPS) is 12.7.